The van der Waals surface area contributed by atoms with Crippen LogP contribution in [0.25, 0.3) is 0 Å². The van der Waals surface area contributed by atoms with Gasteiger partial charge in [-0.3, -0.25) is 9.59 Å². The summed E-state index contributed by atoms with van der Waals surface area (Å²) >= 11 is 0. The summed E-state index contributed by atoms with van der Waals surface area (Å²) in [6.45, 7) is 0.352. The summed E-state index contributed by atoms with van der Waals surface area (Å²) < 4.78 is 4.67. The van der Waals surface area contributed by atoms with Gasteiger partial charge in [0.1, 0.15) is 6.54 Å². The predicted molar refractivity (Wildman–Crippen MR) is 79.3 cm³/mol. The number of benzene rings is 1. The van der Waals surface area contributed by atoms with E-state index in [4.69, 9.17) is 5.73 Å². The smallest absolute Gasteiger partial charge is 0.325 e. The maximum atomic E-state index is 12.4. The van der Waals surface area contributed by atoms with Crippen molar-refractivity contribution in [1.29, 1.82) is 0 Å². The molecule has 0 spiro atoms. The third kappa shape index (κ3) is 4.29. The first-order valence-corrected chi connectivity index (χ1v) is 7.20. The van der Waals surface area contributed by atoms with E-state index in [9.17, 15) is 9.59 Å². The van der Waals surface area contributed by atoms with E-state index >= 15 is 0 Å². The fourth-order valence-corrected chi connectivity index (χ4v) is 2.48. The molecule has 0 radical (unpaired) electrons. The lowest BCUT2D eigenvalue weighted by Gasteiger charge is -2.38. The Kier molecular flexibility index (Phi) is 4.96. The van der Waals surface area contributed by atoms with Gasteiger partial charge in [0.15, 0.2) is 0 Å². The van der Waals surface area contributed by atoms with Gasteiger partial charge in [0.25, 0.3) is 0 Å². The molecule has 21 heavy (non-hydrogen) atoms. The number of hydrogen-bond acceptors (Lipinski definition) is 4. The molecule has 0 saturated heterocycles. The van der Waals surface area contributed by atoms with Crippen molar-refractivity contribution < 1.29 is 14.3 Å². The molecular formula is C16H22N2O3. The topological polar surface area (TPSA) is 72.6 Å². The van der Waals surface area contributed by atoms with Gasteiger partial charge < -0.3 is 15.4 Å². The van der Waals surface area contributed by atoms with Crippen LogP contribution in [0.15, 0.2) is 30.3 Å². The molecule has 2 N–H and O–H groups in total. The molecule has 114 valence electrons. The Balaban J connectivity index is 2.03. The summed E-state index contributed by atoms with van der Waals surface area (Å²) in [6.07, 6.45) is 3.10. The number of esters is 1. The van der Waals surface area contributed by atoms with E-state index in [1.165, 1.54) is 12.0 Å². The second-order valence-corrected chi connectivity index (χ2v) is 5.70. The van der Waals surface area contributed by atoms with Crippen LogP contribution < -0.4 is 5.73 Å². The van der Waals surface area contributed by atoms with E-state index < -0.39 is 5.97 Å². The first-order chi connectivity index (χ1) is 10.0. The summed E-state index contributed by atoms with van der Waals surface area (Å²) in [6, 6.07) is 9.59. The lowest BCUT2D eigenvalue weighted by molar-refractivity contribution is -0.148. The molecule has 1 aromatic carbocycles. The maximum Gasteiger partial charge on any atom is 0.325 e. The second kappa shape index (κ2) is 6.72. The van der Waals surface area contributed by atoms with Crippen molar-refractivity contribution in [3.8, 4) is 0 Å². The second-order valence-electron chi connectivity index (χ2n) is 5.70. The molecule has 0 aromatic heterocycles. The van der Waals surface area contributed by atoms with E-state index in [-0.39, 0.29) is 24.4 Å². The zero-order chi connectivity index (χ0) is 15.3. The summed E-state index contributed by atoms with van der Waals surface area (Å²) in [5.74, 6) is -0.509. The van der Waals surface area contributed by atoms with Gasteiger partial charge in [-0.2, -0.15) is 0 Å². The van der Waals surface area contributed by atoms with Gasteiger partial charge >= 0.3 is 5.97 Å². The Bertz CT molecular complexity index is 498. The first kappa shape index (κ1) is 15.5. The fourth-order valence-electron chi connectivity index (χ4n) is 2.48. The van der Waals surface area contributed by atoms with Gasteiger partial charge in [0.2, 0.25) is 5.91 Å². The highest BCUT2D eigenvalue weighted by Crippen LogP contribution is 2.32. The molecule has 1 fully saturated rings. The van der Waals surface area contributed by atoms with E-state index in [0.717, 1.165) is 24.8 Å². The molecule has 5 nitrogen and oxygen atoms in total. The van der Waals surface area contributed by atoms with Crippen molar-refractivity contribution in [1.82, 2.24) is 4.90 Å². The lowest BCUT2D eigenvalue weighted by atomic mass is 9.75. The van der Waals surface area contributed by atoms with Crippen LogP contribution in [0.1, 0.15) is 31.2 Å². The highest BCUT2D eigenvalue weighted by Gasteiger charge is 2.36. The van der Waals surface area contributed by atoms with Crippen LogP contribution in [0.4, 0.5) is 0 Å². The summed E-state index contributed by atoms with van der Waals surface area (Å²) in [7, 11) is 1.32. The van der Waals surface area contributed by atoms with Gasteiger partial charge in [-0.1, -0.05) is 30.3 Å². The number of ether oxygens (including phenoxy) is 1. The molecule has 1 aliphatic rings. The number of rotatable bonds is 6. The highest BCUT2D eigenvalue weighted by atomic mass is 16.5. The molecule has 0 bridgehead atoms. The fraction of sp³-hybridized carbons (Fsp3) is 0.500. The van der Waals surface area contributed by atoms with Crippen molar-refractivity contribution in [2.24, 2.45) is 5.73 Å². The van der Waals surface area contributed by atoms with Crippen LogP contribution >= 0.6 is 0 Å². The Morgan fingerprint density at radius 3 is 2.48 bits per heavy atom. The van der Waals surface area contributed by atoms with Crippen molar-refractivity contribution in [2.75, 3.05) is 13.7 Å². The van der Waals surface area contributed by atoms with E-state index in [2.05, 4.69) is 4.74 Å². The quantitative estimate of drug-likeness (QED) is 0.805. The number of nitrogens with zero attached hydrogens (tertiary/aromatic N) is 1. The number of carbonyl (C=O) groups is 2. The Morgan fingerprint density at radius 2 is 1.95 bits per heavy atom. The number of methoxy groups -OCH3 is 1. The molecule has 0 aliphatic heterocycles. The van der Waals surface area contributed by atoms with Crippen LogP contribution in [0.5, 0.6) is 0 Å². The van der Waals surface area contributed by atoms with Crippen LogP contribution in [-0.4, -0.2) is 36.0 Å². The van der Waals surface area contributed by atoms with E-state index in [0.29, 0.717) is 6.54 Å². The van der Waals surface area contributed by atoms with Gasteiger partial charge in [-0.15, -0.1) is 0 Å². The van der Waals surface area contributed by atoms with E-state index in [1.54, 1.807) is 0 Å². The minimum absolute atomic E-state index is 0.0414. The first-order valence-electron chi connectivity index (χ1n) is 7.20. The Morgan fingerprint density at radius 1 is 1.29 bits per heavy atom. The standard InChI is InChI=1S/C16H22N2O3/c1-21-15(20)12-18(11-13-6-3-2-4-7-13)14(19)10-16(17)8-5-9-16/h2-4,6-7H,5,8-12,17H2,1H3. The molecule has 0 heterocycles. The SMILES string of the molecule is COC(=O)CN(Cc1ccccc1)C(=O)CC1(N)CCC1. The summed E-state index contributed by atoms with van der Waals surface area (Å²) in [5, 5.41) is 0. The van der Waals surface area contributed by atoms with Gasteiger partial charge in [0, 0.05) is 18.5 Å². The van der Waals surface area contributed by atoms with Gasteiger partial charge in [0.05, 0.1) is 7.11 Å². The van der Waals surface area contributed by atoms with Crippen molar-refractivity contribution in [2.45, 2.75) is 37.8 Å². The average Bonchev–Trinajstić information content (AvgIpc) is 2.45. The average molecular weight is 290 g/mol. The minimum Gasteiger partial charge on any atom is -0.468 e. The van der Waals surface area contributed by atoms with Crippen molar-refractivity contribution in [3.05, 3.63) is 35.9 Å². The molecule has 2 rings (SSSR count). The zero-order valence-corrected chi connectivity index (χ0v) is 12.4. The minimum atomic E-state index is -0.418. The Hall–Kier alpha value is -1.88. The largest absolute Gasteiger partial charge is 0.468 e. The van der Waals surface area contributed by atoms with Crippen LogP contribution in [0, 0.1) is 0 Å². The normalized spacial score (nSPS) is 15.9. The van der Waals surface area contributed by atoms with Gasteiger partial charge in [-0.25, -0.2) is 0 Å². The number of amides is 1. The third-order valence-corrected chi connectivity index (χ3v) is 3.97. The van der Waals surface area contributed by atoms with Crippen LogP contribution in [-0.2, 0) is 20.9 Å². The van der Waals surface area contributed by atoms with Crippen LogP contribution in [0.3, 0.4) is 0 Å². The molecule has 1 aliphatic carbocycles. The van der Waals surface area contributed by atoms with Gasteiger partial charge in [-0.05, 0) is 24.8 Å². The molecule has 0 unspecified atom stereocenters. The molecule has 1 amide bonds. The number of hydrogen-bond donors (Lipinski definition) is 1. The Labute approximate surface area is 125 Å². The number of nitrogens with two attached hydrogens (primary N) is 1. The molecule has 1 aromatic rings. The molecule has 1 saturated carbocycles. The zero-order valence-electron chi connectivity index (χ0n) is 12.4. The number of carbonyl (C=O) groups excluding carboxylic acids is 2. The van der Waals surface area contributed by atoms with Crippen molar-refractivity contribution >= 4 is 11.9 Å². The van der Waals surface area contributed by atoms with E-state index in [1.807, 2.05) is 30.3 Å². The predicted octanol–water partition coefficient (Wildman–Crippen LogP) is 1.46. The van der Waals surface area contributed by atoms with Crippen molar-refractivity contribution in [3.63, 3.8) is 0 Å². The maximum absolute atomic E-state index is 12.4. The molecule has 5 heteroatoms. The molecule has 0 atom stereocenters. The highest BCUT2D eigenvalue weighted by molar-refractivity contribution is 5.82. The molecular weight excluding hydrogens is 268 g/mol. The lowest BCUT2D eigenvalue weighted by Crippen LogP contribution is -2.51. The summed E-state index contributed by atoms with van der Waals surface area (Å²) in [4.78, 5) is 25.5. The van der Waals surface area contributed by atoms with Crippen LogP contribution in [0.2, 0.25) is 0 Å². The summed E-state index contributed by atoms with van der Waals surface area (Å²) in [5.41, 5.74) is 6.73. The monoisotopic (exact) mass is 290 g/mol. The third-order valence-electron chi connectivity index (χ3n) is 3.97.